The Morgan fingerprint density at radius 1 is 1.40 bits per heavy atom. The van der Waals surface area contributed by atoms with Gasteiger partial charge in [-0.25, -0.2) is 4.39 Å². The van der Waals surface area contributed by atoms with Gasteiger partial charge in [0.1, 0.15) is 5.82 Å². The average molecular weight is 275 g/mol. The van der Waals surface area contributed by atoms with Crippen LogP contribution in [0.25, 0.3) is 0 Å². The van der Waals surface area contributed by atoms with Gasteiger partial charge in [-0.3, -0.25) is 0 Å². The predicted molar refractivity (Wildman–Crippen MR) is 63.2 cm³/mol. The third kappa shape index (κ3) is 4.76. The molecule has 0 aliphatic rings. The van der Waals surface area contributed by atoms with E-state index in [0.29, 0.717) is 17.0 Å². The molecule has 0 aliphatic carbocycles. The number of hydrogen-bond acceptors (Lipinski definition) is 1. The molecule has 0 fully saturated rings. The molecular weight excluding hydrogens is 259 g/mol. The summed E-state index contributed by atoms with van der Waals surface area (Å²) in [5, 5.41) is 0. The van der Waals surface area contributed by atoms with Gasteiger partial charge in [-0.1, -0.05) is 19.9 Å². The maximum atomic E-state index is 12.9. The van der Waals surface area contributed by atoms with Crippen molar-refractivity contribution in [2.24, 2.45) is 5.92 Å². The first kappa shape index (κ1) is 12.7. The molecular formula is C12H16BrFO. The molecule has 1 aromatic carbocycles. The highest BCUT2D eigenvalue weighted by Crippen LogP contribution is 2.17. The lowest BCUT2D eigenvalue weighted by molar-refractivity contribution is 0.110. The minimum atomic E-state index is -0.235. The first-order valence-electron chi connectivity index (χ1n) is 5.11. The molecule has 0 amide bonds. The molecule has 0 unspecified atom stereocenters. The average Bonchev–Trinajstić information content (AvgIpc) is 2.18. The van der Waals surface area contributed by atoms with E-state index in [1.54, 1.807) is 12.1 Å². The van der Waals surface area contributed by atoms with E-state index in [4.69, 9.17) is 4.74 Å². The predicted octanol–water partition coefficient (Wildman–Crippen LogP) is 4.15. The van der Waals surface area contributed by atoms with Crippen molar-refractivity contribution < 1.29 is 9.13 Å². The minimum absolute atomic E-state index is 0.235. The summed E-state index contributed by atoms with van der Waals surface area (Å²) >= 11 is 3.15. The zero-order chi connectivity index (χ0) is 11.3. The first-order chi connectivity index (χ1) is 7.09. The van der Waals surface area contributed by atoms with Gasteiger partial charge in [0.15, 0.2) is 0 Å². The Morgan fingerprint density at radius 3 is 2.73 bits per heavy atom. The summed E-state index contributed by atoms with van der Waals surface area (Å²) in [6.07, 6.45) is 1.06. The Hall–Kier alpha value is -0.410. The van der Waals surface area contributed by atoms with Crippen LogP contribution >= 0.6 is 15.9 Å². The maximum absolute atomic E-state index is 12.9. The van der Waals surface area contributed by atoms with Gasteiger partial charge in [0.2, 0.25) is 0 Å². The standard InChI is InChI=1S/C12H16BrFO/c1-9(2)5-6-15-8-10-3-4-12(14)11(13)7-10/h3-4,7,9H,5-6,8H2,1-2H3. The van der Waals surface area contributed by atoms with E-state index in [1.165, 1.54) is 6.07 Å². The molecule has 0 heterocycles. The van der Waals surface area contributed by atoms with E-state index < -0.39 is 0 Å². The SMILES string of the molecule is CC(C)CCOCc1ccc(F)c(Br)c1. The number of hydrogen-bond donors (Lipinski definition) is 0. The van der Waals surface area contributed by atoms with Gasteiger partial charge >= 0.3 is 0 Å². The Bertz CT molecular complexity index is 312. The highest BCUT2D eigenvalue weighted by atomic mass is 79.9. The van der Waals surface area contributed by atoms with Crippen molar-refractivity contribution in [1.82, 2.24) is 0 Å². The first-order valence-corrected chi connectivity index (χ1v) is 5.90. The van der Waals surface area contributed by atoms with Crippen LogP contribution < -0.4 is 0 Å². The summed E-state index contributed by atoms with van der Waals surface area (Å²) < 4.78 is 18.9. The zero-order valence-corrected chi connectivity index (χ0v) is 10.7. The quantitative estimate of drug-likeness (QED) is 0.733. The highest BCUT2D eigenvalue weighted by molar-refractivity contribution is 9.10. The fourth-order valence-electron chi connectivity index (χ4n) is 1.14. The van der Waals surface area contributed by atoms with Crippen LogP contribution in [0.4, 0.5) is 4.39 Å². The molecule has 0 aromatic heterocycles. The maximum Gasteiger partial charge on any atom is 0.137 e. The fourth-order valence-corrected chi connectivity index (χ4v) is 1.56. The number of ether oxygens (including phenoxy) is 1. The van der Waals surface area contributed by atoms with Crippen molar-refractivity contribution in [3.8, 4) is 0 Å². The van der Waals surface area contributed by atoms with E-state index in [-0.39, 0.29) is 5.82 Å². The second-order valence-electron chi connectivity index (χ2n) is 3.98. The van der Waals surface area contributed by atoms with Gasteiger partial charge < -0.3 is 4.74 Å². The molecule has 1 nitrogen and oxygen atoms in total. The molecule has 0 aliphatic heterocycles. The lowest BCUT2D eigenvalue weighted by Crippen LogP contribution is -1.99. The van der Waals surface area contributed by atoms with Crippen LogP contribution in [0, 0.1) is 11.7 Å². The molecule has 84 valence electrons. The van der Waals surface area contributed by atoms with E-state index in [1.807, 2.05) is 0 Å². The van der Waals surface area contributed by atoms with Gasteiger partial charge in [-0.15, -0.1) is 0 Å². The van der Waals surface area contributed by atoms with Crippen molar-refractivity contribution in [2.45, 2.75) is 26.9 Å². The molecule has 0 bridgehead atoms. The van der Waals surface area contributed by atoms with E-state index in [0.717, 1.165) is 18.6 Å². The summed E-state index contributed by atoms with van der Waals surface area (Å²) in [5.41, 5.74) is 0.993. The minimum Gasteiger partial charge on any atom is -0.377 e. The van der Waals surface area contributed by atoms with Gasteiger partial charge in [0.25, 0.3) is 0 Å². The summed E-state index contributed by atoms with van der Waals surface area (Å²) in [7, 11) is 0. The Labute approximate surface area is 98.8 Å². The number of benzene rings is 1. The molecule has 0 radical (unpaired) electrons. The fraction of sp³-hybridized carbons (Fsp3) is 0.500. The summed E-state index contributed by atoms with van der Waals surface area (Å²) in [6.45, 7) is 5.63. The van der Waals surface area contributed by atoms with Crippen molar-refractivity contribution in [3.05, 3.63) is 34.1 Å². The topological polar surface area (TPSA) is 9.23 Å². The molecule has 0 saturated heterocycles. The van der Waals surface area contributed by atoms with Crippen LogP contribution in [0.2, 0.25) is 0 Å². The second-order valence-corrected chi connectivity index (χ2v) is 4.84. The molecule has 0 atom stereocenters. The smallest absolute Gasteiger partial charge is 0.137 e. The third-order valence-corrected chi connectivity index (χ3v) is 2.70. The molecule has 1 aromatic rings. The summed E-state index contributed by atoms with van der Waals surface area (Å²) in [6, 6.07) is 4.95. The third-order valence-electron chi connectivity index (χ3n) is 2.09. The van der Waals surface area contributed by atoms with Crippen molar-refractivity contribution in [1.29, 1.82) is 0 Å². The van der Waals surface area contributed by atoms with Crippen molar-refractivity contribution in [3.63, 3.8) is 0 Å². The van der Waals surface area contributed by atoms with Crippen LogP contribution in [0.15, 0.2) is 22.7 Å². The van der Waals surface area contributed by atoms with Gasteiger partial charge in [-0.2, -0.15) is 0 Å². The molecule has 15 heavy (non-hydrogen) atoms. The molecule has 3 heteroatoms. The van der Waals surface area contributed by atoms with Crippen molar-refractivity contribution >= 4 is 15.9 Å². The summed E-state index contributed by atoms with van der Waals surface area (Å²) in [4.78, 5) is 0. The lowest BCUT2D eigenvalue weighted by atomic mass is 10.1. The molecule has 0 N–H and O–H groups in total. The van der Waals surface area contributed by atoms with Crippen LogP contribution in [0.1, 0.15) is 25.8 Å². The number of halogens is 2. The monoisotopic (exact) mass is 274 g/mol. The van der Waals surface area contributed by atoms with Gasteiger partial charge in [0, 0.05) is 6.61 Å². The Balaban J connectivity index is 2.35. The zero-order valence-electron chi connectivity index (χ0n) is 9.09. The van der Waals surface area contributed by atoms with E-state index in [9.17, 15) is 4.39 Å². The molecule has 0 spiro atoms. The largest absolute Gasteiger partial charge is 0.377 e. The molecule has 1 rings (SSSR count). The molecule has 0 saturated carbocycles. The highest BCUT2D eigenvalue weighted by Gasteiger charge is 2.00. The Kier molecular flexibility index (Phi) is 5.26. The van der Waals surface area contributed by atoms with Gasteiger partial charge in [0.05, 0.1) is 11.1 Å². The van der Waals surface area contributed by atoms with Crippen LogP contribution in [-0.4, -0.2) is 6.61 Å². The van der Waals surface area contributed by atoms with Crippen molar-refractivity contribution in [2.75, 3.05) is 6.61 Å². The van der Waals surface area contributed by atoms with Gasteiger partial charge in [-0.05, 0) is 46.0 Å². The van der Waals surface area contributed by atoms with E-state index in [2.05, 4.69) is 29.8 Å². The van der Waals surface area contributed by atoms with E-state index >= 15 is 0 Å². The number of rotatable bonds is 5. The lowest BCUT2D eigenvalue weighted by Gasteiger charge is -2.07. The second kappa shape index (κ2) is 6.23. The summed E-state index contributed by atoms with van der Waals surface area (Å²) in [5.74, 6) is 0.422. The van der Waals surface area contributed by atoms with Crippen LogP contribution in [0.3, 0.4) is 0 Å². The normalized spacial score (nSPS) is 11.0. The Morgan fingerprint density at radius 2 is 2.13 bits per heavy atom. The van der Waals surface area contributed by atoms with Crippen LogP contribution in [0.5, 0.6) is 0 Å². The van der Waals surface area contributed by atoms with Crippen LogP contribution in [-0.2, 0) is 11.3 Å².